The molecule has 1 aromatic heterocycles. The van der Waals surface area contributed by atoms with E-state index in [0.717, 1.165) is 12.8 Å². The van der Waals surface area contributed by atoms with Crippen molar-refractivity contribution in [1.82, 2.24) is 4.98 Å². The summed E-state index contributed by atoms with van der Waals surface area (Å²) in [7, 11) is 3.59. The van der Waals surface area contributed by atoms with E-state index in [2.05, 4.69) is 17.2 Å². The van der Waals surface area contributed by atoms with Gasteiger partial charge in [-0.2, -0.15) is 0 Å². The van der Waals surface area contributed by atoms with E-state index in [0.29, 0.717) is 11.6 Å². The lowest BCUT2D eigenvalue weighted by Crippen LogP contribution is -2.30. The normalized spacial score (nSPS) is 12.0. The van der Waals surface area contributed by atoms with Gasteiger partial charge in [0.2, 0.25) is 5.82 Å². The topological polar surface area (TPSA) is 71.3 Å². The first-order chi connectivity index (χ1) is 8.51. The van der Waals surface area contributed by atoms with Crippen LogP contribution in [0.25, 0.3) is 0 Å². The Bertz CT molecular complexity index is 423. The first kappa shape index (κ1) is 14.2. The monoisotopic (exact) mass is 252 g/mol. The minimum Gasteiger partial charge on any atom is -0.373 e. The second-order valence-electron chi connectivity index (χ2n) is 4.29. The van der Waals surface area contributed by atoms with Crippen LogP contribution in [0.5, 0.6) is 0 Å². The average molecular weight is 252 g/mol. The lowest BCUT2D eigenvalue weighted by molar-refractivity contribution is -0.384. The molecule has 0 aromatic carbocycles. The van der Waals surface area contributed by atoms with Gasteiger partial charge >= 0.3 is 5.69 Å². The van der Waals surface area contributed by atoms with Crippen molar-refractivity contribution in [3.05, 3.63) is 22.2 Å². The van der Waals surface area contributed by atoms with Crippen LogP contribution in [0.4, 0.5) is 17.3 Å². The van der Waals surface area contributed by atoms with Gasteiger partial charge < -0.3 is 10.2 Å². The molecule has 100 valence electrons. The Kier molecular flexibility index (Phi) is 4.88. The second-order valence-corrected chi connectivity index (χ2v) is 4.29. The quantitative estimate of drug-likeness (QED) is 0.622. The maximum atomic E-state index is 11.0. The van der Waals surface area contributed by atoms with Crippen LogP contribution in [0.1, 0.15) is 26.7 Å². The van der Waals surface area contributed by atoms with Crippen LogP contribution in [0.3, 0.4) is 0 Å². The number of pyridine rings is 1. The fourth-order valence-electron chi connectivity index (χ4n) is 1.80. The summed E-state index contributed by atoms with van der Waals surface area (Å²) in [6.07, 6.45) is 2.00. The molecule has 18 heavy (non-hydrogen) atoms. The summed E-state index contributed by atoms with van der Waals surface area (Å²) >= 11 is 0. The molecule has 0 spiro atoms. The number of hydrogen-bond acceptors (Lipinski definition) is 5. The van der Waals surface area contributed by atoms with Crippen molar-refractivity contribution in [3.8, 4) is 0 Å². The predicted octanol–water partition coefficient (Wildman–Crippen LogP) is 2.66. The second kappa shape index (κ2) is 6.18. The SMILES string of the molecule is CCCC(C)N(C)c1nc(NC)ccc1[N+](=O)[O-]. The molecule has 1 heterocycles. The van der Waals surface area contributed by atoms with Crippen LogP contribution in [-0.4, -0.2) is 30.0 Å². The van der Waals surface area contributed by atoms with Gasteiger partial charge in [-0.3, -0.25) is 10.1 Å². The lowest BCUT2D eigenvalue weighted by Gasteiger charge is -2.25. The lowest BCUT2D eigenvalue weighted by atomic mass is 10.1. The van der Waals surface area contributed by atoms with Crippen molar-refractivity contribution in [2.45, 2.75) is 32.7 Å². The molecule has 6 nitrogen and oxygen atoms in total. The van der Waals surface area contributed by atoms with Gasteiger partial charge in [0.1, 0.15) is 5.82 Å². The third-order valence-electron chi connectivity index (χ3n) is 3.01. The summed E-state index contributed by atoms with van der Waals surface area (Å²) in [5.74, 6) is 1.04. The van der Waals surface area contributed by atoms with Crippen molar-refractivity contribution in [2.75, 3.05) is 24.3 Å². The first-order valence-electron chi connectivity index (χ1n) is 6.07. The van der Waals surface area contributed by atoms with Crippen molar-refractivity contribution >= 4 is 17.3 Å². The minimum absolute atomic E-state index is 0.0412. The molecule has 0 amide bonds. The molecule has 0 aliphatic heterocycles. The summed E-state index contributed by atoms with van der Waals surface area (Å²) in [4.78, 5) is 16.8. The fraction of sp³-hybridized carbons (Fsp3) is 0.583. The van der Waals surface area contributed by atoms with Gasteiger partial charge in [-0.25, -0.2) is 4.98 Å². The average Bonchev–Trinajstić information content (AvgIpc) is 2.37. The Hall–Kier alpha value is -1.85. The zero-order valence-corrected chi connectivity index (χ0v) is 11.3. The number of nitrogens with one attached hydrogen (secondary N) is 1. The third-order valence-corrected chi connectivity index (χ3v) is 3.01. The zero-order valence-electron chi connectivity index (χ0n) is 11.3. The Morgan fingerprint density at radius 2 is 2.22 bits per heavy atom. The maximum Gasteiger partial charge on any atom is 0.311 e. The Labute approximate surface area is 107 Å². The van der Waals surface area contributed by atoms with E-state index in [1.165, 1.54) is 6.07 Å². The standard InChI is InChI=1S/C12H20N4O2/c1-5-6-9(2)15(4)12-10(16(17)18)7-8-11(13-3)14-12/h7-9H,5-6H2,1-4H3,(H,13,14). The largest absolute Gasteiger partial charge is 0.373 e. The molecular formula is C12H20N4O2. The number of rotatable bonds is 6. The Morgan fingerprint density at radius 3 is 2.72 bits per heavy atom. The molecule has 0 radical (unpaired) electrons. The van der Waals surface area contributed by atoms with Crippen LogP contribution in [0, 0.1) is 10.1 Å². The molecule has 1 atom stereocenters. The third kappa shape index (κ3) is 3.09. The van der Waals surface area contributed by atoms with Crippen LogP contribution in [0.15, 0.2) is 12.1 Å². The van der Waals surface area contributed by atoms with Crippen molar-refractivity contribution in [3.63, 3.8) is 0 Å². The van der Waals surface area contributed by atoms with E-state index in [-0.39, 0.29) is 11.7 Å². The molecule has 0 aliphatic rings. The Balaban J connectivity index is 3.14. The van der Waals surface area contributed by atoms with Gasteiger partial charge in [-0.1, -0.05) is 13.3 Å². The van der Waals surface area contributed by atoms with Crippen LogP contribution >= 0.6 is 0 Å². The summed E-state index contributed by atoms with van der Waals surface area (Å²) in [5, 5.41) is 13.9. The number of nitro groups is 1. The number of nitrogens with zero attached hydrogens (tertiary/aromatic N) is 3. The number of aromatic nitrogens is 1. The highest BCUT2D eigenvalue weighted by molar-refractivity contribution is 5.61. The summed E-state index contributed by atoms with van der Waals surface area (Å²) in [6, 6.07) is 3.32. The summed E-state index contributed by atoms with van der Waals surface area (Å²) in [6.45, 7) is 4.14. The fourth-order valence-corrected chi connectivity index (χ4v) is 1.80. The summed E-state index contributed by atoms with van der Waals surface area (Å²) in [5.41, 5.74) is 0.0412. The van der Waals surface area contributed by atoms with E-state index in [1.807, 2.05) is 18.9 Å². The molecule has 0 fully saturated rings. The van der Waals surface area contributed by atoms with Gasteiger partial charge in [-0.05, 0) is 19.4 Å². The van der Waals surface area contributed by atoms with Gasteiger partial charge in [-0.15, -0.1) is 0 Å². The molecule has 1 aromatic rings. The predicted molar refractivity (Wildman–Crippen MR) is 73.2 cm³/mol. The first-order valence-corrected chi connectivity index (χ1v) is 6.07. The van der Waals surface area contributed by atoms with Crippen molar-refractivity contribution < 1.29 is 4.92 Å². The van der Waals surface area contributed by atoms with Gasteiger partial charge in [0.15, 0.2) is 0 Å². The minimum atomic E-state index is -0.392. The van der Waals surface area contributed by atoms with E-state index in [1.54, 1.807) is 13.1 Å². The van der Waals surface area contributed by atoms with Crippen LogP contribution < -0.4 is 10.2 Å². The smallest absolute Gasteiger partial charge is 0.311 e. The molecular weight excluding hydrogens is 232 g/mol. The van der Waals surface area contributed by atoms with E-state index < -0.39 is 4.92 Å². The van der Waals surface area contributed by atoms with Gasteiger partial charge in [0, 0.05) is 26.2 Å². The van der Waals surface area contributed by atoms with Crippen molar-refractivity contribution in [2.24, 2.45) is 0 Å². The molecule has 1 unspecified atom stereocenters. The van der Waals surface area contributed by atoms with Gasteiger partial charge in [0.05, 0.1) is 4.92 Å². The van der Waals surface area contributed by atoms with Crippen LogP contribution in [-0.2, 0) is 0 Å². The molecule has 6 heteroatoms. The molecule has 0 aliphatic carbocycles. The number of hydrogen-bond donors (Lipinski definition) is 1. The molecule has 0 saturated carbocycles. The van der Waals surface area contributed by atoms with E-state index in [9.17, 15) is 10.1 Å². The van der Waals surface area contributed by atoms with E-state index in [4.69, 9.17) is 0 Å². The highest BCUT2D eigenvalue weighted by Gasteiger charge is 2.22. The highest BCUT2D eigenvalue weighted by Crippen LogP contribution is 2.28. The Morgan fingerprint density at radius 1 is 1.56 bits per heavy atom. The molecule has 0 saturated heterocycles. The molecule has 1 rings (SSSR count). The number of anilines is 2. The van der Waals surface area contributed by atoms with Gasteiger partial charge in [0.25, 0.3) is 0 Å². The highest BCUT2D eigenvalue weighted by atomic mass is 16.6. The van der Waals surface area contributed by atoms with Crippen LogP contribution in [0.2, 0.25) is 0 Å². The molecule has 0 bridgehead atoms. The summed E-state index contributed by atoms with van der Waals surface area (Å²) < 4.78 is 0. The zero-order chi connectivity index (χ0) is 13.7. The van der Waals surface area contributed by atoms with E-state index >= 15 is 0 Å². The van der Waals surface area contributed by atoms with Crippen molar-refractivity contribution in [1.29, 1.82) is 0 Å². The maximum absolute atomic E-state index is 11.0. The molecule has 1 N–H and O–H groups in total.